The van der Waals surface area contributed by atoms with Gasteiger partial charge in [0.05, 0.1) is 42.1 Å². The highest BCUT2D eigenvalue weighted by Crippen LogP contribution is 2.28. The number of nitrogens with zero attached hydrogens (tertiary/aromatic N) is 3. The molecule has 0 saturated carbocycles. The Bertz CT molecular complexity index is 1480. The number of nitrogens with one attached hydrogen (secondary N) is 1. The van der Waals surface area contributed by atoms with Crippen LogP contribution in [0, 0.1) is 0 Å². The van der Waals surface area contributed by atoms with Crippen LogP contribution in [-0.2, 0) is 21.1 Å². The molecule has 0 spiro atoms. The van der Waals surface area contributed by atoms with E-state index in [-0.39, 0.29) is 27.9 Å². The molecule has 1 aromatic heterocycles. The predicted molar refractivity (Wildman–Crippen MR) is 155 cm³/mol. The summed E-state index contributed by atoms with van der Waals surface area (Å²) in [6.45, 7) is -3.41. The zero-order chi connectivity index (χ0) is 31.9. The number of benzene rings is 2. The van der Waals surface area contributed by atoms with Crippen molar-refractivity contribution in [1.82, 2.24) is 15.2 Å². The van der Waals surface area contributed by atoms with Crippen LogP contribution in [0.4, 0.5) is 22.7 Å². The molecule has 10 nitrogen and oxygen atoms in total. The number of ether oxygens (including phenoxy) is 2. The zero-order valence-electron chi connectivity index (χ0n) is 23.6. The third-order valence-corrected chi connectivity index (χ3v) is 9.79. The van der Waals surface area contributed by atoms with Crippen LogP contribution in [0.3, 0.4) is 0 Å². The number of hydrogen-bond acceptors (Lipinski definition) is 10. The molecule has 1 fully saturated rings. The van der Waals surface area contributed by atoms with E-state index in [9.17, 15) is 35.9 Å². The molecule has 16 heteroatoms. The SMILES string of the molecule is CCS(=O)(=O)c1ccc([C@H](CO)NC(=O)c2cnc(N3CCN(Cc4ccc(OC(F)F)cc4)CC3COC(F)F)s2)cc1. The average molecular weight is 661 g/mol. The van der Waals surface area contributed by atoms with Gasteiger partial charge in [-0.05, 0) is 35.4 Å². The number of carbonyl (C=O) groups excluding carboxylic acids is 1. The van der Waals surface area contributed by atoms with Crippen molar-refractivity contribution in [1.29, 1.82) is 0 Å². The molecule has 44 heavy (non-hydrogen) atoms. The van der Waals surface area contributed by atoms with Gasteiger partial charge in [0.1, 0.15) is 10.6 Å². The molecule has 2 aromatic carbocycles. The molecule has 1 saturated heterocycles. The first kappa shape index (κ1) is 33.6. The molecule has 240 valence electrons. The third kappa shape index (κ3) is 8.88. The molecule has 1 aliphatic rings. The average Bonchev–Trinajstić information content (AvgIpc) is 3.50. The van der Waals surface area contributed by atoms with Gasteiger partial charge in [-0.1, -0.05) is 42.5 Å². The van der Waals surface area contributed by atoms with Crippen molar-refractivity contribution in [2.75, 3.05) is 43.5 Å². The van der Waals surface area contributed by atoms with Gasteiger partial charge in [0.15, 0.2) is 15.0 Å². The second-order valence-corrected chi connectivity index (χ2v) is 13.2. The van der Waals surface area contributed by atoms with E-state index in [1.807, 2.05) is 4.90 Å². The summed E-state index contributed by atoms with van der Waals surface area (Å²) in [5, 5.41) is 13.1. The van der Waals surface area contributed by atoms with Gasteiger partial charge in [0.25, 0.3) is 5.91 Å². The quantitative estimate of drug-likeness (QED) is 0.248. The number of aliphatic hydroxyl groups is 1. The lowest BCUT2D eigenvalue weighted by Crippen LogP contribution is -2.55. The van der Waals surface area contributed by atoms with E-state index in [1.165, 1.54) is 49.5 Å². The Morgan fingerprint density at radius 1 is 1.09 bits per heavy atom. The summed E-state index contributed by atoms with van der Waals surface area (Å²) in [5.74, 6) is -0.540. The molecule has 1 unspecified atom stereocenters. The first-order valence-electron chi connectivity index (χ1n) is 13.6. The Morgan fingerprint density at radius 2 is 1.80 bits per heavy atom. The van der Waals surface area contributed by atoms with Gasteiger partial charge in [0, 0.05) is 26.2 Å². The predicted octanol–water partition coefficient (Wildman–Crippen LogP) is 3.93. The Hall–Kier alpha value is -3.31. The minimum absolute atomic E-state index is 0.0334. The minimum Gasteiger partial charge on any atom is -0.435 e. The number of anilines is 1. The first-order chi connectivity index (χ1) is 21.0. The summed E-state index contributed by atoms with van der Waals surface area (Å²) in [5.41, 5.74) is 1.33. The maximum absolute atomic E-state index is 13.0. The van der Waals surface area contributed by atoms with Crippen molar-refractivity contribution >= 4 is 32.2 Å². The maximum atomic E-state index is 13.0. The van der Waals surface area contributed by atoms with Crippen molar-refractivity contribution < 1.29 is 45.4 Å². The highest BCUT2D eigenvalue weighted by Gasteiger charge is 2.31. The molecule has 0 aliphatic carbocycles. The van der Waals surface area contributed by atoms with Crippen LogP contribution in [0.25, 0.3) is 0 Å². The summed E-state index contributed by atoms with van der Waals surface area (Å²) in [4.78, 5) is 21.6. The number of thiazole rings is 1. The number of aromatic nitrogens is 1. The summed E-state index contributed by atoms with van der Waals surface area (Å²) in [6, 6.07) is 10.7. The van der Waals surface area contributed by atoms with Crippen molar-refractivity contribution in [3.8, 4) is 5.75 Å². The third-order valence-electron chi connectivity index (χ3n) is 7.01. The number of alkyl halides is 4. The van der Waals surface area contributed by atoms with Crippen LogP contribution < -0.4 is 15.0 Å². The summed E-state index contributed by atoms with van der Waals surface area (Å²) in [7, 11) is -3.40. The first-order valence-corrected chi connectivity index (χ1v) is 16.1. The topological polar surface area (TPSA) is 121 Å². The van der Waals surface area contributed by atoms with E-state index in [1.54, 1.807) is 17.0 Å². The number of hydrogen-bond donors (Lipinski definition) is 2. The van der Waals surface area contributed by atoms with Gasteiger partial charge in [-0.25, -0.2) is 13.4 Å². The van der Waals surface area contributed by atoms with Crippen molar-refractivity contribution in [3.05, 3.63) is 70.7 Å². The Kier molecular flexibility index (Phi) is 11.5. The fourth-order valence-corrected chi connectivity index (χ4v) is 6.52. The van der Waals surface area contributed by atoms with Crippen LogP contribution >= 0.6 is 11.3 Å². The normalized spacial score (nSPS) is 16.8. The lowest BCUT2D eigenvalue weighted by atomic mass is 10.1. The molecular formula is C28H32F4N4O6S2. The van der Waals surface area contributed by atoms with Crippen LogP contribution in [0.5, 0.6) is 5.75 Å². The van der Waals surface area contributed by atoms with Gasteiger partial charge in [-0.3, -0.25) is 9.69 Å². The van der Waals surface area contributed by atoms with Gasteiger partial charge in [-0.2, -0.15) is 17.6 Å². The van der Waals surface area contributed by atoms with Crippen molar-refractivity contribution in [2.45, 2.75) is 43.7 Å². The standard InChI is InChI=1S/C28H32F4N4O6S2/c1-2-44(39,40)22-9-5-19(6-10-22)23(16-37)34-25(38)24-13-33-28(43-24)36-12-11-35(15-20(36)17-41-26(29)30)14-18-3-7-21(8-4-18)42-27(31)32/h3-10,13,20,23,26-27,37H,2,11-12,14-17H2,1H3,(H,34,38)/t20?,23-/m0/s1. The van der Waals surface area contributed by atoms with Gasteiger partial charge in [0.2, 0.25) is 0 Å². The number of halogens is 4. The molecule has 0 bridgehead atoms. The van der Waals surface area contributed by atoms with E-state index in [4.69, 9.17) is 0 Å². The van der Waals surface area contributed by atoms with E-state index in [0.717, 1.165) is 16.9 Å². The summed E-state index contributed by atoms with van der Waals surface area (Å²) < 4.78 is 84.0. The molecule has 1 aliphatic heterocycles. The van der Waals surface area contributed by atoms with E-state index < -0.39 is 47.7 Å². The highest BCUT2D eigenvalue weighted by atomic mass is 32.2. The van der Waals surface area contributed by atoms with Crippen LogP contribution in [0.15, 0.2) is 59.6 Å². The molecule has 3 aromatic rings. The van der Waals surface area contributed by atoms with Gasteiger partial charge < -0.3 is 24.8 Å². The van der Waals surface area contributed by atoms with Gasteiger partial charge in [-0.15, -0.1) is 0 Å². The summed E-state index contributed by atoms with van der Waals surface area (Å²) >= 11 is 1.06. The maximum Gasteiger partial charge on any atom is 0.387 e. The molecule has 2 atom stereocenters. The Labute approximate surface area is 256 Å². The molecule has 1 amide bonds. The molecule has 0 radical (unpaired) electrons. The molecular weight excluding hydrogens is 628 g/mol. The van der Waals surface area contributed by atoms with E-state index >= 15 is 0 Å². The number of piperazine rings is 1. The molecule has 2 N–H and O–H groups in total. The number of rotatable bonds is 14. The zero-order valence-corrected chi connectivity index (χ0v) is 25.2. The van der Waals surface area contributed by atoms with E-state index in [0.29, 0.717) is 36.9 Å². The van der Waals surface area contributed by atoms with Crippen LogP contribution in [0.1, 0.15) is 33.8 Å². The number of aliphatic hydroxyl groups excluding tert-OH is 1. The van der Waals surface area contributed by atoms with Crippen molar-refractivity contribution in [2.24, 2.45) is 0 Å². The lowest BCUT2D eigenvalue weighted by Gasteiger charge is -2.41. The highest BCUT2D eigenvalue weighted by molar-refractivity contribution is 7.91. The lowest BCUT2D eigenvalue weighted by molar-refractivity contribution is -0.134. The Morgan fingerprint density at radius 3 is 2.41 bits per heavy atom. The Balaban J connectivity index is 1.42. The van der Waals surface area contributed by atoms with Gasteiger partial charge >= 0.3 is 13.2 Å². The number of amides is 1. The van der Waals surface area contributed by atoms with Crippen molar-refractivity contribution in [3.63, 3.8) is 0 Å². The number of carbonyl (C=O) groups is 1. The summed E-state index contributed by atoms with van der Waals surface area (Å²) in [6.07, 6.45) is 1.36. The second kappa shape index (κ2) is 15.1. The van der Waals surface area contributed by atoms with E-state index in [2.05, 4.69) is 19.8 Å². The van der Waals surface area contributed by atoms with Crippen LogP contribution in [0.2, 0.25) is 0 Å². The van der Waals surface area contributed by atoms with Crippen LogP contribution in [-0.4, -0.2) is 87.2 Å². The largest absolute Gasteiger partial charge is 0.435 e. The fourth-order valence-electron chi connectivity index (χ4n) is 4.72. The minimum atomic E-state index is -3.40. The molecule has 4 rings (SSSR count). The molecule has 2 heterocycles. The fraction of sp³-hybridized carbons (Fsp3) is 0.429. The second-order valence-electron chi connectivity index (χ2n) is 9.89. The number of sulfone groups is 1. The monoisotopic (exact) mass is 660 g/mol. The smallest absolute Gasteiger partial charge is 0.387 e.